The van der Waals surface area contributed by atoms with Gasteiger partial charge in [-0.05, 0) is 43.3 Å². The van der Waals surface area contributed by atoms with Crippen molar-refractivity contribution < 1.29 is 18.3 Å². The molecule has 0 saturated heterocycles. The second-order valence-electron chi connectivity index (χ2n) is 5.12. The molecule has 5 nitrogen and oxygen atoms in total. The summed E-state index contributed by atoms with van der Waals surface area (Å²) in [6.45, 7) is 2.41. The minimum absolute atomic E-state index is 0.104. The highest BCUT2D eigenvalue weighted by Gasteiger charge is 2.10. The summed E-state index contributed by atoms with van der Waals surface area (Å²) in [4.78, 5) is 4.16. The molecular formula is C19H15FN2O3. The molecule has 0 N–H and O–H groups in total. The number of nitriles is 1. The summed E-state index contributed by atoms with van der Waals surface area (Å²) in [6.07, 6.45) is 1.56. The van der Waals surface area contributed by atoms with Gasteiger partial charge >= 0.3 is 0 Å². The number of oxazole rings is 1. The largest absolute Gasteiger partial charge is 0.490 e. The molecule has 0 aliphatic heterocycles. The Morgan fingerprint density at radius 3 is 2.64 bits per heavy atom. The van der Waals surface area contributed by atoms with Gasteiger partial charge in [-0.3, -0.25) is 0 Å². The Kier molecular flexibility index (Phi) is 4.95. The lowest BCUT2D eigenvalue weighted by Crippen LogP contribution is -2.00. The molecule has 0 aliphatic rings. The van der Waals surface area contributed by atoms with Gasteiger partial charge in [0.25, 0.3) is 0 Å². The van der Waals surface area contributed by atoms with E-state index in [1.54, 1.807) is 36.5 Å². The van der Waals surface area contributed by atoms with Crippen molar-refractivity contribution in [2.45, 2.75) is 13.5 Å². The Morgan fingerprint density at radius 2 is 1.92 bits per heavy atom. The molecule has 0 aliphatic carbocycles. The van der Waals surface area contributed by atoms with E-state index in [1.807, 2.05) is 6.92 Å². The monoisotopic (exact) mass is 338 g/mol. The van der Waals surface area contributed by atoms with Gasteiger partial charge in [-0.1, -0.05) is 0 Å². The molecule has 3 aromatic rings. The molecule has 0 saturated carbocycles. The van der Waals surface area contributed by atoms with Gasteiger partial charge < -0.3 is 13.9 Å². The van der Waals surface area contributed by atoms with Crippen LogP contribution in [0.5, 0.6) is 11.5 Å². The molecule has 0 spiro atoms. The molecule has 0 radical (unpaired) electrons. The molecule has 25 heavy (non-hydrogen) atoms. The van der Waals surface area contributed by atoms with E-state index in [2.05, 4.69) is 11.1 Å². The number of halogens is 1. The van der Waals surface area contributed by atoms with Crippen LogP contribution in [-0.2, 0) is 6.61 Å². The summed E-state index contributed by atoms with van der Waals surface area (Å²) in [5, 5.41) is 8.96. The lowest BCUT2D eigenvalue weighted by molar-refractivity contribution is 0.243. The molecule has 6 heteroatoms. The SMILES string of the molecule is CCOc1cc(C#N)ccc1OCc1ncc(-c2ccc(F)cc2)o1. The summed E-state index contributed by atoms with van der Waals surface area (Å²) in [7, 11) is 0. The molecule has 2 aromatic carbocycles. The van der Waals surface area contributed by atoms with Crippen LogP contribution in [0.15, 0.2) is 53.1 Å². The fourth-order valence-corrected chi connectivity index (χ4v) is 2.23. The normalized spacial score (nSPS) is 10.3. The summed E-state index contributed by atoms with van der Waals surface area (Å²) >= 11 is 0. The van der Waals surface area contributed by atoms with E-state index in [0.717, 1.165) is 5.56 Å². The summed E-state index contributed by atoms with van der Waals surface area (Å²) < 4.78 is 29.8. The number of ether oxygens (including phenoxy) is 2. The Labute approximate surface area is 144 Å². The first-order chi connectivity index (χ1) is 12.2. The standard InChI is InChI=1S/C19H15FN2O3/c1-2-23-17-9-13(10-21)3-8-16(17)24-12-19-22-11-18(25-19)14-4-6-15(20)7-5-14/h3-9,11H,2,12H2,1H3. The third kappa shape index (κ3) is 3.96. The van der Waals surface area contributed by atoms with E-state index >= 15 is 0 Å². The number of nitrogens with zero attached hydrogens (tertiary/aromatic N) is 2. The molecule has 0 unspecified atom stereocenters. The van der Waals surface area contributed by atoms with Crippen LogP contribution in [0.4, 0.5) is 4.39 Å². The van der Waals surface area contributed by atoms with E-state index in [9.17, 15) is 4.39 Å². The zero-order valence-corrected chi connectivity index (χ0v) is 13.5. The second-order valence-corrected chi connectivity index (χ2v) is 5.12. The van der Waals surface area contributed by atoms with E-state index in [-0.39, 0.29) is 12.4 Å². The molecular weight excluding hydrogens is 323 g/mol. The van der Waals surface area contributed by atoms with Crippen LogP contribution in [0.2, 0.25) is 0 Å². The zero-order chi connectivity index (χ0) is 17.6. The average Bonchev–Trinajstić information content (AvgIpc) is 3.10. The number of rotatable bonds is 6. The van der Waals surface area contributed by atoms with E-state index in [0.29, 0.717) is 35.3 Å². The molecule has 1 heterocycles. The van der Waals surface area contributed by atoms with Gasteiger partial charge in [0.15, 0.2) is 23.9 Å². The van der Waals surface area contributed by atoms with Crippen LogP contribution in [0.3, 0.4) is 0 Å². The van der Waals surface area contributed by atoms with Gasteiger partial charge in [0.1, 0.15) is 5.82 Å². The fourth-order valence-electron chi connectivity index (χ4n) is 2.23. The maximum atomic E-state index is 13.0. The van der Waals surface area contributed by atoms with Gasteiger partial charge in [-0.25, -0.2) is 9.37 Å². The minimum Gasteiger partial charge on any atom is -0.490 e. The summed E-state index contributed by atoms with van der Waals surface area (Å²) in [5.41, 5.74) is 1.22. The van der Waals surface area contributed by atoms with Crippen LogP contribution in [-0.4, -0.2) is 11.6 Å². The van der Waals surface area contributed by atoms with Gasteiger partial charge in [-0.15, -0.1) is 0 Å². The maximum Gasteiger partial charge on any atom is 0.232 e. The van der Waals surface area contributed by atoms with Crippen molar-refractivity contribution in [1.29, 1.82) is 5.26 Å². The van der Waals surface area contributed by atoms with Crippen molar-refractivity contribution in [3.05, 3.63) is 65.9 Å². The van der Waals surface area contributed by atoms with Crippen LogP contribution in [0, 0.1) is 17.1 Å². The van der Waals surface area contributed by atoms with Gasteiger partial charge in [-0.2, -0.15) is 5.26 Å². The predicted molar refractivity (Wildman–Crippen MR) is 88.6 cm³/mol. The first-order valence-electron chi connectivity index (χ1n) is 7.70. The highest BCUT2D eigenvalue weighted by molar-refractivity contribution is 5.55. The van der Waals surface area contributed by atoms with Crippen molar-refractivity contribution in [2.24, 2.45) is 0 Å². The van der Waals surface area contributed by atoms with Gasteiger partial charge in [0.2, 0.25) is 5.89 Å². The van der Waals surface area contributed by atoms with Crippen molar-refractivity contribution in [3.8, 4) is 28.9 Å². The van der Waals surface area contributed by atoms with Crippen LogP contribution < -0.4 is 9.47 Å². The Hall–Kier alpha value is -3.33. The van der Waals surface area contributed by atoms with E-state index < -0.39 is 0 Å². The first kappa shape index (κ1) is 16.5. The van der Waals surface area contributed by atoms with Crippen LogP contribution in [0.1, 0.15) is 18.4 Å². The third-order valence-electron chi connectivity index (χ3n) is 3.41. The number of hydrogen-bond donors (Lipinski definition) is 0. The number of benzene rings is 2. The smallest absolute Gasteiger partial charge is 0.232 e. The maximum absolute atomic E-state index is 13.0. The highest BCUT2D eigenvalue weighted by atomic mass is 19.1. The lowest BCUT2D eigenvalue weighted by atomic mass is 10.2. The molecule has 0 bridgehead atoms. The number of aromatic nitrogens is 1. The van der Waals surface area contributed by atoms with Gasteiger partial charge in [0, 0.05) is 11.6 Å². The lowest BCUT2D eigenvalue weighted by Gasteiger charge is -2.10. The van der Waals surface area contributed by atoms with E-state index in [1.165, 1.54) is 12.1 Å². The molecule has 0 amide bonds. The summed E-state index contributed by atoms with van der Waals surface area (Å²) in [5.74, 6) is 1.60. The average molecular weight is 338 g/mol. The van der Waals surface area contributed by atoms with Crippen molar-refractivity contribution in [3.63, 3.8) is 0 Å². The summed E-state index contributed by atoms with van der Waals surface area (Å²) in [6, 6.07) is 13.0. The third-order valence-corrected chi connectivity index (χ3v) is 3.41. The predicted octanol–water partition coefficient (Wildman–Crippen LogP) is 4.33. The van der Waals surface area contributed by atoms with Crippen LogP contribution >= 0.6 is 0 Å². The Morgan fingerprint density at radius 1 is 1.12 bits per heavy atom. The zero-order valence-electron chi connectivity index (χ0n) is 13.5. The topological polar surface area (TPSA) is 68.3 Å². The molecule has 0 atom stereocenters. The Balaban J connectivity index is 1.72. The fraction of sp³-hybridized carbons (Fsp3) is 0.158. The van der Waals surface area contributed by atoms with E-state index in [4.69, 9.17) is 19.2 Å². The van der Waals surface area contributed by atoms with Crippen molar-refractivity contribution in [1.82, 2.24) is 4.98 Å². The minimum atomic E-state index is -0.309. The van der Waals surface area contributed by atoms with Crippen LogP contribution in [0.25, 0.3) is 11.3 Å². The quantitative estimate of drug-likeness (QED) is 0.669. The molecule has 0 fully saturated rings. The van der Waals surface area contributed by atoms with Crippen molar-refractivity contribution in [2.75, 3.05) is 6.61 Å². The number of hydrogen-bond acceptors (Lipinski definition) is 5. The van der Waals surface area contributed by atoms with Gasteiger partial charge in [0.05, 0.1) is 24.4 Å². The first-order valence-corrected chi connectivity index (χ1v) is 7.70. The second kappa shape index (κ2) is 7.49. The molecule has 3 rings (SSSR count). The Bertz CT molecular complexity index is 898. The van der Waals surface area contributed by atoms with Crippen molar-refractivity contribution >= 4 is 0 Å². The molecule has 1 aromatic heterocycles. The highest BCUT2D eigenvalue weighted by Crippen LogP contribution is 2.29. The molecule has 126 valence electrons.